The Morgan fingerprint density at radius 2 is 1.68 bits per heavy atom. The van der Waals surface area contributed by atoms with E-state index in [9.17, 15) is 9.18 Å². The molecule has 0 radical (unpaired) electrons. The molecular formula is C27H26FN3O3. The van der Waals surface area contributed by atoms with Crippen molar-refractivity contribution >= 4 is 5.91 Å². The zero-order valence-corrected chi connectivity index (χ0v) is 18.9. The highest BCUT2D eigenvalue weighted by Gasteiger charge is 2.16. The van der Waals surface area contributed by atoms with Crippen LogP contribution in [0.3, 0.4) is 0 Å². The third-order valence-corrected chi connectivity index (χ3v) is 5.30. The number of benzene rings is 3. The van der Waals surface area contributed by atoms with Crippen molar-refractivity contribution in [2.24, 2.45) is 0 Å². The number of aromatic nitrogens is 1. The molecule has 174 valence electrons. The molecule has 0 aliphatic carbocycles. The average molecular weight is 460 g/mol. The van der Waals surface area contributed by atoms with Gasteiger partial charge in [0.25, 0.3) is 5.91 Å². The van der Waals surface area contributed by atoms with Crippen LogP contribution >= 0.6 is 0 Å². The first-order valence-corrected chi connectivity index (χ1v) is 11.0. The highest BCUT2D eigenvalue weighted by Crippen LogP contribution is 2.18. The van der Waals surface area contributed by atoms with Gasteiger partial charge >= 0.3 is 0 Å². The maximum Gasteiger partial charge on any atom is 0.273 e. The van der Waals surface area contributed by atoms with E-state index in [1.54, 1.807) is 19.2 Å². The van der Waals surface area contributed by atoms with Gasteiger partial charge in [0.2, 0.25) is 5.89 Å². The minimum atomic E-state index is -0.346. The molecule has 0 aliphatic rings. The van der Waals surface area contributed by atoms with Crippen LogP contribution in [0.2, 0.25) is 0 Å². The zero-order chi connectivity index (χ0) is 23.8. The molecule has 0 fully saturated rings. The van der Waals surface area contributed by atoms with Gasteiger partial charge in [-0.1, -0.05) is 54.6 Å². The van der Waals surface area contributed by atoms with Crippen LogP contribution in [-0.4, -0.2) is 22.9 Å². The molecule has 0 saturated heterocycles. The molecule has 7 heteroatoms. The lowest BCUT2D eigenvalue weighted by Crippen LogP contribution is -2.24. The number of methoxy groups -OCH3 is 1. The number of nitrogens with one attached hydrogen (secondary N) is 1. The van der Waals surface area contributed by atoms with Crippen molar-refractivity contribution in [2.45, 2.75) is 26.2 Å². The number of nitrogens with zero attached hydrogens (tertiary/aromatic N) is 2. The van der Waals surface area contributed by atoms with Crippen LogP contribution in [0, 0.1) is 5.82 Å². The van der Waals surface area contributed by atoms with Crippen molar-refractivity contribution in [1.29, 1.82) is 0 Å². The van der Waals surface area contributed by atoms with Gasteiger partial charge in [-0.3, -0.25) is 9.69 Å². The minimum Gasteiger partial charge on any atom is -0.497 e. The predicted molar refractivity (Wildman–Crippen MR) is 126 cm³/mol. The second kappa shape index (κ2) is 11.2. The Hall–Kier alpha value is -3.97. The fourth-order valence-corrected chi connectivity index (χ4v) is 3.59. The minimum absolute atomic E-state index is 0.207. The van der Waals surface area contributed by atoms with Crippen molar-refractivity contribution in [3.05, 3.63) is 119 Å². The molecule has 6 nitrogen and oxygen atoms in total. The number of oxazole rings is 1. The lowest BCUT2D eigenvalue weighted by atomic mass is 10.1. The van der Waals surface area contributed by atoms with Gasteiger partial charge in [-0.15, -0.1) is 0 Å². The number of halogens is 1. The summed E-state index contributed by atoms with van der Waals surface area (Å²) in [4.78, 5) is 19.1. The molecule has 0 bridgehead atoms. The van der Waals surface area contributed by atoms with Crippen molar-refractivity contribution in [1.82, 2.24) is 15.2 Å². The lowest BCUT2D eigenvalue weighted by molar-refractivity contribution is 0.0945. The number of carbonyl (C=O) groups excluding carboxylic acids is 1. The van der Waals surface area contributed by atoms with E-state index >= 15 is 0 Å². The summed E-state index contributed by atoms with van der Waals surface area (Å²) in [7, 11) is 1.65. The molecule has 1 aromatic heterocycles. The summed E-state index contributed by atoms with van der Waals surface area (Å²) in [5.41, 5.74) is 3.26. The molecule has 0 spiro atoms. The van der Waals surface area contributed by atoms with Crippen LogP contribution in [0.4, 0.5) is 4.39 Å². The maximum atomic E-state index is 13.1. The van der Waals surface area contributed by atoms with Crippen molar-refractivity contribution in [3.8, 4) is 5.75 Å². The number of ether oxygens (including phenoxy) is 1. The molecule has 0 atom stereocenters. The molecule has 1 N–H and O–H groups in total. The van der Waals surface area contributed by atoms with Crippen LogP contribution in [0.5, 0.6) is 5.75 Å². The Morgan fingerprint density at radius 3 is 2.44 bits per heavy atom. The molecule has 4 aromatic rings. The van der Waals surface area contributed by atoms with Crippen LogP contribution in [-0.2, 0) is 26.2 Å². The lowest BCUT2D eigenvalue weighted by Gasteiger charge is -2.21. The Morgan fingerprint density at radius 1 is 0.941 bits per heavy atom. The molecular weight excluding hydrogens is 433 g/mol. The van der Waals surface area contributed by atoms with Crippen LogP contribution in [0.15, 0.2) is 89.5 Å². The molecule has 0 saturated carbocycles. The average Bonchev–Trinajstić information content (AvgIpc) is 3.33. The van der Waals surface area contributed by atoms with E-state index in [0.29, 0.717) is 25.5 Å². The van der Waals surface area contributed by atoms with Crippen molar-refractivity contribution in [3.63, 3.8) is 0 Å². The van der Waals surface area contributed by atoms with Gasteiger partial charge in [0.05, 0.1) is 13.7 Å². The third-order valence-electron chi connectivity index (χ3n) is 5.30. The highest BCUT2D eigenvalue weighted by molar-refractivity contribution is 5.91. The maximum absolute atomic E-state index is 13.1. The number of hydrogen-bond acceptors (Lipinski definition) is 5. The normalized spacial score (nSPS) is 10.9. The van der Waals surface area contributed by atoms with Gasteiger partial charge in [-0.25, -0.2) is 9.37 Å². The van der Waals surface area contributed by atoms with Gasteiger partial charge in [-0.2, -0.15) is 0 Å². The van der Waals surface area contributed by atoms with Gasteiger partial charge in [0.1, 0.15) is 17.8 Å². The van der Waals surface area contributed by atoms with Gasteiger partial charge < -0.3 is 14.5 Å². The zero-order valence-electron chi connectivity index (χ0n) is 18.9. The quantitative estimate of drug-likeness (QED) is 0.363. The Balaban J connectivity index is 1.43. The summed E-state index contributed by atoms with van der Waals surface area (Å²) in [6.07, 6.45) is 1.36. The molecule has 4 rings (SSSR count). The van der Waals surface area contributed by atoms with Gasteiger partial charge in [-0.05, 0) is 41.0 Å². The summed E-state index contributed by atoms with van der Waals surface area (Å²) in [5.74, 6) is 0.589. The van der Waals surface area contributed by atoms with Crippen molar-refractivity contribution < 1.29 is 18.3 Å². The van der Waals surface area contributed by atoms with E-state index < -0.39 is 0 Å². The van der Waals surface area contributed by atoms with E-state index in [4.69, 9.17) is 9.15 Å². The summed E-state index contributed by atoms with van der Waals surface area (Å²) in [6, 6.07) is 24.0. The summed E-state index contributed by atoms with van der Waals surface area (Å²) >= 11 is 0. The van der Waals surface area contributed by atoms with Crippen molar-refractivity contribution in [2.75, 3.05) is 7.11 Å². The summed E-state index contributed by atoms with van der Waals surface area (Å²) < 4.78 is 24.0. The third kappa shape index (κ3) is 6.52. The standard InChI is InChI=1S/C27H26FN3O3/c1-33-24-9-5-8-22(14-24)17-31(16-21-6-3-2-4-7-21)18-26-30-25(19-34-26)27(32)29-15-20-10-12-23(28)13-11-20/h2-14,19H,15-18H2,1H3,(H,29,32). The Kier molecular flexibility index (Phi) is 7.67. The van der Waals surface area contributed by atoms with Crippen LogP contribution in [0.25, 0.3) is 0 Å². The number of hydrogen-bond donors (Lipinski definition) is 1. The number of carbonyl (C=O) groups is 1. The molecule has 1 amide bonds. The van der Waals surface area contributed by atoms with Gasteiger partial charge in [0.15, 0.2) is 5.69 Å². The van der Waals surface area contributed by atoms with E-state index in [1.165, 1.54) is 18.4 Å². The highest BCUT2D eigenvalue weighted by atomic mass is 19.1. The summed E-state index contributed by atoms with van der Waals surface area (Å²) in [5, 5.41) is 2.78. The van der Waals surface area contributed by atoms with E-state index in [-0.39, 0.29) is 24.0 Å². The Labute approximate surface area is 198 Å². The molecule has 3 aromatic carbocycles. The smallest absolute Gasteiger partial charge is 0.273 e. The topological polar surface area (TPSA) is 67.6 Å². The molecule has 0 unspecified atom stereocenters. The molecule has 0 aliphatic heterocycles. The molecule has 1 heterocycles. The van der Waals surface area contributed by atoms with Crippen LogP contribution in [0.1, 0.15) is 33.1 Å². The predicted octanol–water partition coefficient (Wildman–Crippen LogP) is 4.95. The second-order valence-electron chi connectivity index (χ2n) is 7.92. The molecule has 34 heavy (non-hydrogen) atoms. The fraction of sp³-hybridized carbons (Fsp3) is 0.185. The SMILES string of the molecule is COc1cccc(CN(Cc2ccccc2)Cc2nc(C(=O)NCc3ccc(F)cc3)co2)c1. The first kappa shape index (κ1) is 23.2. The first-order chi connectivity index (χ1) is 16.6. The van der Waals surface area contributed by atoms with Gasteiger partial charge in [0, 0.05) is 19.6 Å². The van der Waals surface area contributed by atoms with E-state index in [0.717, 1.165) is 22.4 Å². The number of rotatable bonds is 10. The second-order valence-corrected chi connectivity index (χ2v) is 7.92. The fourth-order valence-electron chi connectivity index (χ4n) is 3.59. The van der Waals surface area contributed by atoms with E-state index in [2.05, 4.69) is 27.3 Å². The summed E-state index contributed by atoms with van der Waals surface area (Å²) in [6.45, 7) is 2.04. The van der Waals surface area contributed by atoms with Crippen LogP contribution < -0.4 is 10.1 Å². The first-order valence-electron chi connectivity index (χ1n) is 11.0. The Bertz CT molecular complexity index is 1210. The largest absolute Gasteiger partial charge is 0.497 e. The monoisotopic (exact) mass is 459 g/mol. The number of amides is 1. The van der Waals surface area contributed by atoms with E-state index in [1.807, 2.05) is 42.5 Å².